The summed E-state index contributed by atoms with van der Waals surface area (Å²) in [5, 5.41) is 26.5. The summed E-state index contributed by atoms with van der Waals surface area (Å²) in [5.41, 5.74) is 2.86. The minimum Gasteiger partial charge on any atom is -0.462 e. The van der Waals surface area contributed by atoms with Crippen LogP contribution in [0.4, 0.5) is 10.7 Å². The van der Waals surface area contributed by atoms with Crippen LogP contribution in [0, 0.1) is 17.0 Å². The van der Waals surface area contributed by atoms with E-state index in [1.54, 1.807) is 13.8 Å². The number of aromatic nitrogens is 3. The third-order valence-electron chi connectivity index (χ3n) is 7.04. The van der Waals surface area contributed by atoms with E-state index in [0.717, 1.165) is 35.3 Å². The first kappa shape index (κ1) is 30.9. The lowest BCUT2D eigenvalue weighted by Crippen LogP contribution is -2.25. The Labute approximate surface area is 261 Å². The third-order valence-corrected chi connectivity index (χ3v) is 9.21. The summed E-state index contributed by atoms with van der Waals surface area (Å²) in [5.74, 6) is -0.755. The van der Waals surface area contributed by atoms with Crippen molar-refractivity contribution in [3.8, 4) is 0 Å². The molecular formula is C30H30N6O6S2. The minimum absolute atomic E-state index is 0.0107. The Balaban J connectivity index is 1.30. The number of anilines is 1. The summed E-state index contributed by atoms with van der Waals surface area (Å²) >= 11 is 2.60. The van der Waals surface area contributed by atoms with Crippen LogP contribution in [0.1, 0.15) is 61.5 Å². The molecule has 0 spiro atoms. The number of hydrogen-bond acceptors (Lipinski definition) is 10. The van der Waals surface area contributed by atoms with Gasteiger partial charge in [-0.05, 0) is 50.3 Å². The molecule has 1 aliphatic rings. The van der Waals surface area contributed by atoms with Crippen molar-refractivity contribution >= 4 is 51.6 Å². The Kier molecular flexibility index (Phi) is 9.70. The smallest absolute Gasteiger partial charge is 0.341 e. The van der Waals surface area contributed by atoms with Gasteiger partial charge in [-0.3, -0.25) is 19.7 Å². The third kappa shape index (κ3) is 6.97. The number of thiophene rings is 1. The van der Waals surface area contributed by atoms with E-state index >= 15 is 0 Å². The summed E-state index contributed by atoms with van der Waals surface area (Å²) in [7, 11) is 0. The van der Waals surface area contributed by atoms with Crippen LogP contribution in [0.5, 0.6) is 0 Å². The van der Waals surface area contributed by atoms with Gasteiger partial charge in [-0.25, -0.2) is 4.79 Å². The van der Waals surface area contributed by atoms with Crippen LogP contribution in [0.25, 0.3) is 0 Å². The molecule has 2 aromatic heterocycles. The van der Waals surface area contributed by atoms with Crippen molar-refractivity contribution in [3.63, 3.8) is 0 Å². The summed E-state index contributed by atoms with van der Waals surface area (Å²) in [6.45, 7) is 4.01. The fourth-order valence-electron chi connectivity index (χ4n) is 4.89. The van der Waals surface area contributed by atoms with E-state index in [1.807, 2.05) is 34.9 Å². The molecule has 0 saturated heterocycles. The summed E-state index contributed by atoms with van der Waals surface area (Å²) in [6.07, 6.45) is 2.63. The van der Waals surface area contributed by atoms with Crippen LogP contribution < -0.4 is 10.6 Å². The second-order valence-corrected chi connectivity index (χ2v) is 12.1. The molecule has 0 bridgehead atoms. The lowest BCUT2D eigenvalue weighted by molar-refractivity contribution is -0.385. The minimum atomic E-state index is -0.523. The number of carbonyl (C=O) groups is 3. The second kappa shape index (κ2) is 13.8. The van der Waals surface area contributed by atoms with Crippen LogP contribution in [-0.2, 0) is 35.5 Å². The number of nitro groups is 1. The molecule has 2 heterocycles. The topological polar surface area (TPSA) is 158 Å². The number of amides is 2. The Morgan fingerprint density at radius 1 is 1.14 bits per heavy atom. The number of nitro benzene ring substituents is 1. The number of benzene rings is 2. The quantitative estimate of drug-likeness (QED) is 0.0954. The molecule has 0 atom stereocenters. The van der Waals surface area contributed by atoms with E-state index in [-0.39, 0.29) is 36.1 Å². The molecule has 0 radical (unpaired) electrons. The molecule has 228 valence electrons. The molecule has 5 rings (SSSR count). The highest BCUT2D eigenvalue weighted by atomic mass is 32.2. The lowest BCUT2D eigenvalue weighted by atomic mass is 10.1. The number of nitrogens with one attached hydrogen (secondary N) is 2. The van der Waals surface area contributed by atoms with Gasteiger partial charge in [0.05, 0.1) is 35.9 Å². The zero-order valence-corrected chi connectivity index (χ0v) is 25.8. The Morgan fingerprint density at radius 3 is 2.68 bits per heavy atom. The Hall–Kier alpha value is -4.56. The maximum Gasteiger partial charge on any atom is 0.341 e. The van der Waals surface area contributed by atoms with E-state index in [9.17, 15) is 24.5 Å². The van der Waals surface area contributed by atoms with Gasteiger partial charge in [0.2, 0.25) is 5.91 Å². The first-order chi connectivity index (χ1) is 21.2. The van der Waals surface area contributed by atoms with Gasteiger partial charge in [0.1, 0.15) is 5.00 Å². The number of ether oxygens (including phenoxy) is 1. The maximum atomic E-state index is 13.1. The van der Waals surface area contributed by atoms with E-state index in [2.05, 4.69) is 20.8 Å². The molecule has 0 saturated carbocycles. The fraction of sp³-hybridized carbons (Fsp3) is 0.300. The van der Waals surface area contributed by atoms with Crippen molar-refractivity contribution < 1.29 is 24.0 Å². The van der Waals surface area contributed by atoms with E-state index in [1.165, 1.54) is 41.3 Å². The number of hydrogen-bond donors (Lipinski definition) is 2. The van der Waals surface area contributed by atoms with E-state index in [0.29, 0.717) is 33.7 Å². The van der Waals surface area contributed by atoms with Gasteiger partial charge in [-0.15, -0.1) is 21.5 Å². The zero-order valence-electron chi connectivity index (χ0n) is 24.1. The van der Waals surface area contributed by atoms with Gasteiger partial charge in [0, 0.05) is 22.1 Å². The largest absolute Gasteiger partial charge is 0.462 e. The number of carbonyl (C=O) groups excluding carboxylic acids is 3. The van der Waals surface area contributed by atoms with Gasteiger partial charge in [-0.1, -0.05) is 48.2 Å². The van der Waals surface area contributed by atoms with E-state index < -0.39 is 16.8 Å². The van der Waals surface area contributed by atoms with Gasteiger partial charge < -0.3 is 19.9 Å². The van der Waals surface area contributed by atoms with Crippen molar-refractivity contribution in [2.75, 3.05) is 17.7 Å². The molecule has 1 aliphatic carbocycles. The van der Waals surface area contributed by atoms with Crippen LogP contribution in [0.15, 0.2) is 53.7 Å². The maximum absolute atomic E-state index is 13.1. The van der Waals surface area contributed by atoms with Crippen molar-refractivity contribution in [2.45, 2.75) is 51.4 Å². The van der Waals surface area contributed by atoms with Crippen molar-refractivity contribution in [2.24, 2.45) is 0 Å². The number of nitrogens with zero attached hydrogens (tertiary/aromatic N) is 4. The summed E-state index contributed by atoms with van der Waals surface area (Å²) < 4.78 is 7.07. The molecule has 2 amide bonds. The van der Waals surface area contributed by atoms with Crippen LogP contribution >= 0.6 is 23.1 Å². The number of rotatable bonds is 12. The van der Waals surface area contributed by atoms with Gasteiger partial charge in [-0.2, -0.15) is 0 Å². The van der Waals surface area contributed by atoms with Crippen LogP contribution in [0.2, 0.25) is 0 Å². The van der Waals surface area contributed by atoms with Crippen molar-refractivity contribution in [1.82, 2.24) is 20.1 Å². The highest BCUT2D eigenvalue weighted by molar-refractivity contribution is 7.99. The molecule has 0 unspecified atom stereocenters. The average molecular weight is 635 g/mol. The van der Waals surface area contributed by atoms with Gasteiger partial charge in [0.25, 0.3) is 11.6 Å². The summed E-state index contributed by atoms with van der Waals surface area (Å²) in [6, 6.07) is 13.9. The van der Waals surface area contributed by atoms with Crippen LogP contribution in [-0.4, -0.2) is 49.8 Å². The average Bonchev–Trinajstić information content (AvgIpc) is 3.70. The Morgan fingerprint density at radius 2 is 1.93 bits per heavy atom. The highest BCUT2D eigenvalue weighted by Gasteiger charge is 2.28. The van der Waals surface area contributed by atoms with Crippen molar-refractivity contribution in [1.29, 1.82) is 0 Å². The first-order valence-corrected chi connectivity index (χ1v) is 15.8. The molecular weight excluding hydrogens is 605 g/mol. The first-order valence-electron chi connectivity index (χ1n) is 14.0. The normalized spacial score (nSPS) is 12.0. The highest BCUT2D eigenvalue weighted by Crippen LogP contribution is 2.39. The SMILES string of the molecule is CCOC(=O)c1c(NC(=O)CSc2nnc(CNC(=O)c3ccc(C)c([N+](=O)[O-])c3)n2Cc2ccccc2)sc2c1CCC2. The molecule has 14 heteroatoms. The standard InChI is InChI=1S/C30H30N6O6S2/c1-3-42-29(39)26-21-10-7-11-23(21)44-28(26)32-25(37)17-43-30-34-33-24(35(30)16-19-8-5-4-6-9-19)15-31-27(38)20-13-12-18(2)22(14-20)36(40)41/h4-6,8-9,12-14H,3,7,10-11,15-17H2,1-2H3,(H,31,38)(H,32,37). The number of esters is 1. The molecule has 0 aliphatic heterocycles. The van der Waals surface area contributed by atoms with Gasteiger partial charge in [0.15, 0.2) is 11.0 Å². The zero-order chi connectivity index (χ0) is 31.2. The molecule has 0 fully saturated rings. The predicted octanol–water partition coefficient (Wildman–Crippen LogP) is 4.93. The summed E-state index contributed by atoms with van der Waals surface area (Å²) in [4.78, 5) is 50.5. The number of aryl methyl sites for hydroxylation is 2. The Bertz CT molecular complexity index is 1720. The molecule has 44 heavy (non-hydrogen) atoms. The molecule has 12 nitrogen and oxygen atoms in total. The lowest BCUT2D eigenvalue weighted by Gasteiger charge is -2.12. The monoisotopic (exact) mass is 634 g/mol. The second-order valence-electron chi connectivity index (χ2n) is 10.0. The number of fused-ring (bicyclic) bond motifs is 1. The molecule has 2 aromatic carbocycles. The predicted molar refractivity (Wildman–Crippen MR) is 166 cm³/mol. The molecule has 4 aromatic rings. The van der Waals surface area contributed by atoms with E-state index in [4.69, 9.17) is 4.74 Å². The fourth-order valence-corrected chi connectivity index (χ4v) is 6.94. The number of thioether (sulfide) groups is 1. The van der Waals surface area contributed by atoms with Gasteiger partial charge >= 0.3 is 5.97 Å². The van der Waals surface area contributed by atoms with Crippen molar-refractivity contribution in [3.05, 3.63) is 97.2 Å². The molecule has 2 N–H and O–H groups in total. The van der Waals surface area contributed by atoms with Crippen LogP contribution in [0.3, 0.4) is 0 Å².